The molecule has 0 aromatic rings. The summed E-state index contributed by atoms with van der Waals surface area (Å²) in [4.78, 5) is 15.0. The third-order valence-corrected chi connectivity index (χ3v) is 3.00. The summed E-state index contributed by atoms with van der Waals surface area (Å²) in [5, 5.41) is 0. The number of hydrogen-bond donors (Lipinski definition) is 0. The van der Waals surface area contributed by atoms with Crippen LogP contribution < -0.4 is 0 Å². The molecule has 1 amide bonds. The van der Waals surface area contributed by atoms with Gasteiger partial charge in [-0.3, -0.25) is 4.79 Å². The SMILES string of the molecule is CC(=O)N(C)CCCOCCCN(C)C(C)C. The second-order valence-corrected chi connectivity index (χ2v) is 4.83. The number of rotatable bonds is 9. The summed E-state index contributed by atoms with van der Waals surface area (Å²) >= 11 is 0. The molecule has 0 aliphatic rings. The molecule has 0 saturated carbocycles. The van der Waals surface area contributed by atoms with Crippen molar-refractivity contribution >= 4 is 5.91 Å². The van der Waals surface area contributed by atoms with Crippen LogP contribution in [0.4, 0.5) is 0 Å². The number of amides is 1. The van der Waals surface area contributed by atoms with Gasteiger partial charge in [0.25, 0.3) is 0 Å². The van der Waals surface area contributed by atoms with Gasteiger partial charge in [-0.05, 0) is 33.7 Å². The van der Waals surface area contributed by atoms with Crippen molar-refractivity contribution in [3.8, 4) is 0 Å². The van der Waals surface area contributed by atoms with Crippen LogP contribution in [-0.2, 0) is 9.53 Å². The van der Waals surface area contributed by atoms with Crippen molar-refractivity contribution in [2.24, 2.45) is 0 Å². The summed E-state index contributed by atoms with van der Waals surface area (Å²) in [5.74, 6) is 0.114. The zero-order valence-electron chi connectivity index (χ0n) is 12.0. The Balaban J connectivity index is 3.27. The summed E-state index contributed by atoms with van der Waals surface area (Å²) in [6.45, 7) is 9.37. The Morgan fingerprint density at radius 2 is 1.65 bits per heavy atom. The summed E-state index contributed by atoms with van der Waals surface area (Å²) in [5.41, 5.74) is 0. The van der Waals surface area contributed by atoms with Gasteiger partial charge in [0.15, 0.2) is 0 Å². The van der Waals surface area contributed by atoms with Crippen LogP contribution >= 0.6 is 0 Å². The smallest absolute Gasteiger partial charge is 0.219 e. The average molecular weight is 244 g/mol. The predicted octanol–water partition coefficient (Wildman–Crippen LogP) is 1.60. The first kappa shape index (κ1) is 16.4. The summed E-state index contributed by atoms with van der Waals surface area (Å²) in [6, 6.07) is 0.596. The molecule has 0 unspecified atom stereocenters. The quantitative estimate of drug-likeness (QED) is 0.578. The number of carbonyl (C=O) groups excluding carboxylic acids is 1. The third kappa shape index (κ3) is 9.12. The topological polar surface area (TPSA) is 32.8 Å². The van der Waals surface area contributed by atoms with Gasteiger partial charge in [-0.2, -0.15) is 0 Å². The lowest BCUT2D eigenvalue weighted by atomic mass is 10.3. The van der Waals surface area contributed by atoms with Crippen molar-refractivity contribution in [2.75, 3.05) is 40.4 Å². The van der Waals surface area contributed by atoms with E-state index in [1.807, 2.05) is 7.05 Å². The van der Waals surface area contributed by atoms with Gasteiger partial charge in [0.2, 0.25) is 5.91 Å². The van der Waals surface area contributed by atoms with Crippen LogP contribution in [-0.4, -0.2) is 62.1 Å². The molecule has 0 radical (unpaired) electrons. The lowest BCUT2D eigenvalue weighted by Crippen LogP contribution is -2.28. The molecular weight excluding hydrogens is 216 g/mol. The van der Waals surface area contributed by atoms with Crippen LogP contribution in [0.1, 0.15) is 33.6 Å². The van der Waals surface area contributed by atoms with E-state index in [1.54, 1.807) is 11.8 Å². The van der Waals surface area contributed by atoms with E-state index >= 15 is 0 Å². The Morgan fingerprint density at radius 3 is 2.12 bits per heavy atom. The molecule has 0 atom stereocenters. The zero-order chi connectivity index (χ0) is 13.3. The summed E-state index contributed by atoms with van der Waals surface area (Å²) < 4.78 is 5.53. The zero-order valence-corrected chi connectivity index (χ0v) is 12.0. The first-order valence-electron chi connectivity index (χ1n) is 6.44. The van der Waals surface area contributed by atoms with Crippen molar-refractivity contribution in [1.82, 2.24) is 9.80 Å². The first-order chi connectivity index (χ1) is 7.95. The second-order valence-electron chi connectivity index (χ2n) is 4.83. The minimum Gasteiger partial charge on any atom is -0.381 e. The molecule has 0 rings (SSSR count). The van der Waals surface area contributed by atoms with Gasteiger partial charge in [0.1, 0.15) is 0 Å². The Hall–Kier alpha value is -0.610. The van der Waals surface area contributed by atoms with E-state index in [1.165, 1.54) is 0 Å². The molecular formula is C13H28N2O2. The Bertz CT molecular complexity index is 208. The van der Waals surface area contributed by atoms with E-state index in [0.717, 1.165) is 39.1 Å². The highest BCUT2D eigenvalue weighted by molar-refractivity contribution is 5.72. The largest absolute Gasteiger partial charge is 0.381 e. The molecule has 0 aliphatic carbocycles. The molecule has 4 nitrogen and oxygen atoms in total. The van der Waals surface area contributed by atoms with E-state index in [9.17, 15) is 4.79 Å². The molecule has 17 heavy (non-hydrogen) atoms. The number of hydrogen-bond acceptors (Lipinski definition) is 3. The maximum Gasteiger partial charge on any atom is 0.219 e. The van der Waals surface area contributed by atoms with Crippen LogP contribution in [0, 0.1) is 0 Å². The fraction of sp³-hybridized carbons (Fsp3) is 0.923. The maximum absolute atomic E-state index is 10.9. The van der Waals surface area contributed by atoms with Crippen LogP contribution in [0.5, 0.6) is 0 Å². The second kappa shape index (κ2) is 9.42. The molecule has 0 fully saturated rings. The molecule has 0 aliphatic heterocycles. The fourth-order valence-corrected chi connectivity index (χ4v) is 1.34. The molecule has 0 N–H and O–H groups in total. The first-order valence-corrected chi connectivity index (χ1v) is 6.44. The van der Waals surface area contributed by atoms with E-state index < -0.39 is 0 Å². The van der Waals surface area contributed by atoms with Crippen LogP contribution in [0.15, 0.2) is 0 Å². The van der Waals surface area contributed by atoms with Gasteiger partial charge in [0, 0.05) is 46.3 Å². The van der Waals surface area contributed by atoms with E-state index in [-0.39, 0.29) is 5.91 Å². The minimum atomic E-state index is 0.114. The molecule has 0 aromatic heterocycles. The van der Waals surface area contributed by atoms with E-state index in [0.29, 0.717) is 6.04 Å². The highest BCUT2D eigenvalue weighted by Gasteiger charge is 2.02. The number of ether oxygens (including phenoxy) is 1. The average Bonchev–Trinajstić information content (AvgIpc) is 2.26. The lowest BCUT2D eigenvalue weighted by Gasteiger charge is -2.20. The maximum atomic E-state index is 10.9. The van der Waals surface area contributed by atoms with Gasteiger partial charge < -0.3 is 14.5 Å². The molecule has 0 bridgehead atoms. The minimum absolute atomic E-state index is 0.114. The van der Waals surface area contributed by atoms with Gasteiger partial charge in [-0.15, -0.1) is 0 Å². The normalized spacial score (nSPS) is 11.2. The lowest BCUT2D eigenvalue weighted by molar-refractivity contribution is -0.127. The number of carbonyl (C=O) groups is 1. The fourth-order valence-electron chi connectivity index (χ4n) is 1.34. The van der Waals surface area contributed by atoms with Crippen molar-refractivity contribution in [3.05, 3.63) is 0 Å². The highest BCUT2D eigenvalue weighted by atomic mass is 16.5. The van der Waals surface area contributed by atoms with Gasteiger partial charge in [0.05, 0.1) is 0 Å². The van der Waals surface area contributed by atoms with E-state index in [4.69, 9.17) is 4.74 Å². The molecule has 0 heterocycles. The molecule has 0 spiro atoms. The number of nitrogens with zero attached hydrogens (tertiary/aromatic N) is 2. The Morgan fingerprint density at radius 1 is 1.12 bits per heavy atom. The van der Waals surface area contributed by atoms with Crippen molar-refractivity contribution in [1.29, 1.82) is 0 Å². The highest BCUT2D eigenvalue weighted by Crippen LogP contribution is 1.96. The molecule has 0 saturated heterocycles. The van der Waals surface area contributed by atoms with Crippen molar-refractivity contribution < 1.29 is 9.53 Å². The molecule has 102 valence electrons. The standard InChI is InChI=1S/C13H28N2O2/c1-12(2)14(4)8-6-10-17-11-7-9-15(5)13(3)16/h12H,6-11H2,1-5H3. The Kier molecular flexibility index (Phi) is 9.09. The van der Waals surface area contributed by atoms with Gasteiger partial charge in [-0.1, -0.05) is 0 Å². The summed E-state index contributed by atoms with van der Waals surface area (Å²) in [7, 11) is 3.95. The molecule has 0 aromatic carbocycles. The summed E-state index contributed by atoms with van der Waals surface area (Å²) in [6.07, 6.45) is 1.98. The van der Waals surface area contributed by atoms with Gasteiger partial charge in [-0.25, -0.2) is 0 Å². The Labute approximate surface area is 106 Å². The monoisotopic (exact) mass is 244 g/mol. The third-order valence-electron chi connectivity index (χ3n) is 3.00. The van der Waals surface area contributed by atoms with Crippen LogP contribution in [0.2, 0.25) is 0 Å². The van der Waals surface area contributed by atoms with Gasteiger partial charge >= 0.3 is 0 Å². The van der Waals surface area contributed by atoms with Crippen LogP contribution in [0.25, 0.3) is 0 Å². The van der Waals surface area contributed by atoms with Crippen molar-refractivity contribution in [2.45, 2.75) is 39.7 Å². The van der Waals surface area contributed by atoms with Crippen molar-refractivity contribution in [3.63, 3.8) is 0 Å². The predicted molar refractivity (Wildman–Crippen MR) is 71.1 cm³/mol. The van der Waals surface area contributed by atoms with Crippen LogP contribution in [0.3, 0.4) is 0 Å². The van der Waals surface area contributed by atoms with E-state index in [2.05, 4.69) is 25.8 Å². The molecule has 4 heteroatoms.